The third kappa shape index (κ3) is 3.23. The van der Waals surface area contributed by atoms with Gasteiger partial charge in [-0.05, 0) is 47.9 Å². The maximum Gasteiger partial charge on any atom is 0.260 e. The summed E-state index contributed by atoms with van der Waals surface area (Å²) in [5.74, 6) is 0.627. The molecular weight excluding hydrogens is 457 g/mol. The maximum absolute atomic E-state index is 13.1. The average Bonchev–Trinajstić information content (AvgIpc) is 3.36. The van der Waals surface area contributed by atoms with Crippen molar-refractivity contribution in [2.24, 2.45) is 11.1 Å². The molecule has 3 N–H and O–H groups in total. The summed E-state index contributed by atoms with van der Waals surface area (Å²) in [5, 5.41) is 0.917. The first-order valence-corrected chi connectivity index (χ1v) is 11.9. The number of piperidine rings is 1. The minimum absolute atomic E-state index is 0.00424. The molecule has 168 valence electrons. The van der Waals surface area contributed by atoms with Gasteiger partial charge in [-0.1, -0.05) is 47.5 Å². The van der Waals surface area contributed by atoms with E-state index in [1.807, 2.05) is 30.5 Å². The van der Waals surface area contributed by atoms with E-state index in [0.717, 1.165) is 54.9 Å². The van der Waals surface area contributed by atoms with E-state index in [2.05, 4.69) is 20.9 Å². The molecule has 0 amide bonds. The standard InChI is InChI=1S/C25H23Cl2N5O/c26-17-5-1-3-15(21(17)27)14-6-7-18-20(14)23(33)31-24(30-18)32-11-8-25(9-12-32)13-19-16(22(25)28)4-2-10-29-19/h1-6,10,22H,7-9,11-13,28H2,(H,30,31,33)/t22-/m1/s1. The number of nitrogens with zero attached hydrogens (tertiary/aromatic N) is 3. The summed E-state index contributed by atoms with van der Waals surface area (Å²) in [6.45, 7) is 1.59. The molecule has 1 aliphatic heterocycles. The van der Waals surface area contributed by atoms with Gasteiger partial charge in [0.05, 0.1) is 21.3 Å². The van der Waals surface area contributed by atoms with Crippen molar-refractivity contribution in [1.29, 1.82) is 0 Å². The molecule has 1 aromatic carbocycles. The number of H-pyrrole nitrogens is 1. The molecule has 0 radical (unpaired) electrons. The van der Waals surface area contributed by atoms with Crippen LogP contribution in [0, 0.1) is 5.41 Å². The Kier molecular flexibility index (Phi) is 4.87. The van der Waals surface area contributed by atoms with Crippen molar-refractivity contribution in [2.75, 3.05) is 18.0 Å². The van der Waals surface area contributed by atoms with E-state index < -0.39 is 0 Å². The van der Waals surface area contributed by atoms with Crippen LogP contribution in [-0.4, -0.2) is 28.0 Å². The molecule has 0 saturated carbocycles. The molecule has 33 heavy (non-hydrogen) atoms. The van der Waals surface area contributed by atoms with E-state index in [1.165, 1.54) is 5.56 Å². The largest absolute Gasteiger partial charge is 0.342 e. The van der Waals surface area contributed by atoms with Gasteiger partial charge < -0.3 is 10.6 Å². The zero-order valence-corrected chi connectivity index (χ0v) is 19.5. The quantitative estimate of drug-likeness (QED) is 0.571. The van der Waals surface area contributed by atoms with Gasteiger partial charge in [0, 0.05) is 43.0 Å². The van der Waals surface area contributed by atoms with Gasteiger partial charge in [-0.2, -0.15) is 0 Å². The van der Waals surface area contributed by atoms with Crippen LogP contribution >= 0.6 is 23.2 Å². The van der Waals surface area contributed by atoms with Gasteiger partial charge in [0.25, 0.3) is 5.56 Å². The Bertz CT molecular complexity index is 1360. The molecule has 1 spiro atoms. The number of aromatic amines is 1. The SMILES string of the molecule is N[C@@H]1c2cccnc2CC12CCN(c1nc3c(c(=O)[nH]1)C(c1cccc(Cl)c1Cl)=CC3)CC2. The molecule has 3 aromatic rings. The van der Waals surface area contributed by atoms with Gasteiger partial charge in [-0.15, -0.1) is 0 Å². The second kappa shape index (κ2) is 7.69. The zero-order valence-electron chi connectivity index (χ0n) is 17.9. The molecular formula is C25H23Cl2N5O. The number of pyridine rings is 1. The van der Waals surface area contributed by atoms with Crippen LogP contribution in [0.3, 0.4) is 0 Å². The number of halogens is 2. The predicted octanol–water partition coefficient (Wildman–Crippen LogP) is 4.30. The average molecular weight is 480 g/mol. The lowest BCUT2D eigenvalue weighted by Crippen LogP contribution is -2.45. The molecule has 1 atom stereocenters. The Morgan fingerprint density at radius 2 is 1.94 bits per heavy atom. The number of allylic oxidation sites excluding steroid dienone is 1. The van der Waals surface area contributed by atoms with E-state index in [0.29, 0.717) is 28.0 Å². The van der Waals surface area contributed by atoms with Crippen molar-refractivity contribution in [2.45, 2.75) is 31.7 Å². The third-order valence-corrected chi connectivity index (χ3v) is 8.31. The highest BCUT2D eigenvalue weighted by Crippen LogP contribution is 2.50. The molecule has 0 unspecified atom stereocenters. The zero-order chi connectivity index (χ0) is 22.7. The fraction of sp³-hybridized carbons (Fsp3) is 0.320. The van der Waals surface area contributed by atoms with Crippen molar-refractivity contribution in [3.05, 3.63) is 91.1 Å². The summed E-state index contributed by atoms with van der Waals surface area (Å²) < 4.78 is 0. The highest BCUT2D eigenvalue weighted by molar-refractivity contribution is 6.43. The first kappa shape index (κ1) is 20.9. The Morgan fingerprint density at radius 3 is 2.73 bits per heavy atom. The molecule has 0 bridgehead atoms. The number of rotatable bonds is 2. The maximum atomic E-state index is 13.1. The molecule has 3 aliphatic rings. The molecule has 3 heterocycles. The van der Waals surface area contributed by atoms with E-state index in [1.54, 1.807) is 6.07 Å². The smallest absolute Gasteiger partial charge is 0.260 e. The number of anilines is 1. The van der Waals surface area contributed by atoms with E-state index in [4.69, 9.17) is 33.9 Å². The summed E-state index contributed by atoms with van der Waals surface area (Å²) in [4.78, 5) is 27.7. The van der Waals surface area contributed by atoms with Gasteiger partial charge >= 0.3 is 0 Å². The summed E-state index contributed by atoms with van der Waals surface area (Å²) in [5.41, 5.74) is 11.8. The number of benzene rings is 1. The van der Waals surface area contributed by atoms with Crippen LogP contribution in [0.15, 0.2) is 47.4 Å². The molecule has 2 aliphatic carbocycles. The molecule has 8 heteroatoms. The predicted molar refractivity (Wildman–Crippen MR) is 131 cm³/mol. The van der Waals surface area contributed by atoms with Crippen LogP contribution in [-0.2, 0) is 12.8 Å². The van der Waals surface area contributed by atoms with E-state index in [9.17, 15) is 4.79 Å². The number of fused-ring (bicyclic) bond motifs is 2. The van der Waals surface area contributed by atoms with Gasteiger partial charge in [-0.25, -0.2) is 4.98 Å². The third-order valence-electron chi connectivity index (χ3n) is 7.49. The van der Waals surface area contributed by atoms with Crippen molar-refractivity contribution < 1.29 is 0 Å². The van der Waals surface area contributed by atoms with Crippen LogP contribution in [0.5, 0.6) is 0 Å². The number of aromatic nitrogens is 3. The van der Waals surface area contributed by atoms with Gasteiger partial charge in [0.1, 0.15) is 0 Å². The highest BCUT2D eigenvalue weighted by atomic mass is 35.5. The number of hydrogen-bond donors (Lipinski definition) is 2. The lowest BCUT2D eigenvalue weighted by Gasteiger charge is -2.42. The van der Waals surface area contributed by atoms with Crippen LogP contribution in [0.25, 0.3) is 5.57 Å². The van der Waals surface area contributed by atoms with E-state index in [-0.39, 0.29) is 17.0 Å². The van der Waals surface area contributed by atoms with Crippen molar-refractivity contribution in [1.82, 2.24) is 15.0 Å². The fourth-order valence-electron chi connectivity index (χ4n) is 5.65. The summed E-state index contributed by atoms with van der Waals surface area (Å²) >= 11 is 12.6. The highest BCUT2D eigenvalue weighted by Gasteiger charge is 2.46. The molecule has 2 aromatic heterocycles. The monoisotopic (exact) mass is 479 g/mol. The summed E-state index contributed by atoms with van der Waals surface area (Å²) in [6.07, 6.45) is 7.23. The van der Waals surface area contributed by atoms with Crippen molar-refractivity contribution in [3.63, 3.8) is 0 Å². The van der Waals surface area contributed by atoms with Crippen LogP contribution in [0.1, 0.15) is 47.0 Å². The Labute approximate surface area is 201 Å². The molecule has 1 saturated heterocycles. The fourth-order valence-corrected chi connectivity index (χ4v) is 6.05. The van der Waals surface area contributed by atoms with E-state index >= 15 is 0 Å². The first-order valence-electron chi connectivity index (χ1n) is 11.2. The normalized spacial score (nSPS) is 20.6. The minimum Gasteiger partial charge on any atom is -0.342 e. The number of nitrogens with two attached hydrogens (primary N) is 1. The lowest BCUT2D eigenvalue weighted by atomic mass is 9.73. The molecule has 6 nitrogen and oxygen atoms in total. The van der Waals surface area contributed by atoms with Crippen LogP contribution < -0.4 is 16.2 Å². The number of nitrogens with one attached hydrogen (secondary N) is 1. The van der Waals surface area contributed by atoms with Gasteiger partial charge in [-0.3, -0.25) is 14.8 Å². The van der Waals surface area contributed by atoms with Crippen LogP contribution in [0.2, 0.25) is 10.0 Å². The van der Waals surface area contributed by atoms with Gasteiger partial charge in [0.2, 0.25) is 5.95 Å². The van der Waals surface area contributed by atoms with Crippen LogP contribution in [0.4, 0.5) is 5.95 Å². The van der Waals surface area contributed by atoms with Gasteiger partial charge in [0.15, 0.2) is 0 Å². The lowest BCUT2D eigenvalue weighted by molar-refractivity contribution is 0.186. The molecule has 6 rings (SSSR count). The van der Waals surface area contributed by atoms with Crippen molar-refractivity contribution in [3.8, 4) is 0 Å². The second-order valence-corrected chi connectivity index (χ2v) is 9.96. The molecule has 1 fully saturated rings. The summed E-state index contributed by atoms with van der Waals surface area (Å²) in [6, 6.07) is 9.52. The number of hydrogen-bond acceptors (Lipinski definition) is 5. The van der Waals surface area contributed by atoms with Crippen molar-refractivity contribution >= 4 is 34.7 Å². The summed E-state index contributed by atoms with van der Waals surface area (Å²) in [7, 11) is 0. The topological polar surface area (TPSA) is 87.9 Å². The Balaban J connectivity index is 1.25. The second-order valence-electron chi connectivity index (χ2n) is 9.18. The Morgan fingerprint density at radius 1 is 1.12 bits per heavy atom. The Hall–Kier alpha value is -2.67. The first-order chi connectivity index (χ1) is 16.0. The minimum atomic E-state index is -0.149.